The van der Waals surface area contributed by atoms with Crippen molar-refractivity contribution in [3.8, 4) is 11.8 Å². The van der Waals surface area contributed by atoms with Gasteiger partial charge in [0, 0.05) is 19.4 Å². The van der Waals surface area contributed by atoms with E-state index in [1.165, 1.54) is 57.8 Å². The summed E-state index contributed by atoms with van der Waals surface area (Å²) >= 11 is 0. The van der Waals surface area contributed by atoms with Gasteiger partial charge in [0.05, 0.1) is 0 Å². The Morgan fingerprint density at radius 3 is 1.59 bits per heavy atom. The van der Waals surface area contributed by atoms with Gasteiger partial charge >= 0.3 is 0 Å². The molecule has 0 amide bonds. The van der Waals surface area contributed by atoms with Gasteiger partial charge in [0.2, 0.25) is 0 Å². The maximum absolute atomic E-state index is 8.63. The fraction of sp³-hybridized carbons (Fsp3) is 0.875. The van der Waals surface area contributed by atoms with Gasteiger partial charge in [0.25, 0.3) is 0 Å². The second-order valence-electron chi connectivity index (χ2n) is 4.72. The van der Waals surface area contributed by atoms with Crippen molar-refractivity contribution < 1.29 is 5.11 Å². The fourth-order valence-corrected chi connectivity index (χ4v) is 1.95. The quantitative estimate of drug-likeness (QED) is 0.409. The molecule has 0 aromatic rings. The minimum Gasteiger partial charge on any atom is -0.396 e. The molecule has 0 aromatic heterocycles. The topological polar surface area (TPSA) is 20.2 Å². The second kappa shape index (κ2) is 15.5. The van der Waals surface area contributed by atoms with Crippen LogP contribution in [0, 0.1) is 11.8 Å². The van der Waals surface area contributed by atoms with Gasteiger partial charge in [-0.2, -0.15) is 0 Å². The molecule has 0 aliphatic rings. The van der Waals surface area contributed by atoms with Crippen LogP contribution in [0.25, 0.3) is 0 Å². The molecule has 0 unspecified atom stereocenters. The summed E-state index contributed by atoms with van der Waals surface area (Å²) in [7, 11) is 0. The molecule has 0 atom stereocenters. The Bertz CT molecular complexity index is 187. The van der Waals surface area contributed by atoms with Crippen LogP contribution in [0.1, 0.15) is 84.0 Å². The molecule has 1 nitrogen and oxygen atoms in total. The van der Waals surface area contributed by atoms with Crippen LogP contribution in [-0.2, 0) is 0 Å². The van der Waals surface area contributed by atoms with Crippen molar-refractivity contribution in [3.05, 3.63) is 0 Å². The molecule has 0 saturated heterocycles. The third-order valence-corrected chi connectivity index (χ3v) is 3.01. The summed E-state index contributed by atoms with van der Waals surface area (Å²) in [6, 6.07) is 0. The van der Waals surface area contributed by atoms with Gasteiger partial charge in [0.1, 0.15) is 0 Å². The van der Waals surface area contributed by atoms with Gasteiger partial charge in [-0.1, -0.05) is 58.3 Å². The van der Waals surface area contributed by atoms with E-state index in [0.29, 0.717) is 6.61 Å². The molecule has 0 rings (SSSR count). The normalized spacial score (nSPS) is 10.0. The first-order valence-corrected chi connectivity index (χ1v) is 7.48. The van der Waals surface area contributed by atoms with E-state index in [0.717, 1.165) is 19.3 Å². The summed E-state index contributed by atoms with van der Waals surface area (Å²) < 4.78 is 0. The Morgan fingerprint density at radius 1 is 0.647 bits per heavy atom. The van der Waals surface area contributed by atoms with E-state index >= 15 is 0 Å². The van der Waals surface area contributed by atoms with E-state index in [4.69, 9.17) is 5.11 Å². The van der Waals surface area contributed by atoms with Crippen LogP contribution < -0.4 is 0 Å². The molecule has 100 valence electrons. The largest absolute Gasteiger partial charge is 0.396 e. The van der Waals surface area contributed by atoms with Gasteiger partial charge in [-0.3, -0.25) is 0 Å². The second-order valence-corrected chi connectivity index (χ2v) is 4.72. The lowest BCUT2D eigenvalue weighted by Gasteiger charge is -2.01. The van der Waals surface area contributed by atoms with Crippen LogP contribution in [0.5, 0.6) is 0 Å². The lowest BCUT2D eigenvalue weighted by atomic mass is 10.1. The number of unbranched alkanes of at least 4 members (excludes halogenated alkanes) is 10. The van der Waals surface area contributed by atoms with Crippen molar-refractivity contribution in [2.24, 2.45) is 0 Å². The van der Waals surface area contributed by atoms with Crippen molar-refractivity contribution in [2.75, 3.05) is 6.61 Å². The highest BCUT2D eigenvalue weighted by atomic mass is 16.2. The summed E-state index contributed by atoms with van der Waals surface area (Å²) in [6.45, 7) is 2.47. The zero-order chi connectivity index (χ0) is 12.6. The number of hydrogen-bond acceptors (Lipinski definition) is 1. The minimum absolute atomic E-state index is 0.362. The van der Waals surface area contributed by atoms with Gasteiger partial charge in [0.15, 0.2) is 0 Å². The number of aliphatic hydroxyl groups is 1. The van der Waals surface area contributed by atoms with E-state index in [1.54, 1.807) is 0 Å². The third kappa shape index (κ3) is 15.5. The highest BCUT2D eigenvalue weighted by molar-refractivity contribution is 4.97. The Kier molecular flexibility index (Phi) is 15.1. The highest BCUT2D eigenvalue weighted by Crippen LogP contribution is 2.10. The molecule has 0 heterocycles. The van der Waals surface area contributed by atoms with Gasteiger partial charge in [-0.15, -0.1) is 11.8 Å². The zero-order valence-electron chi connectivity index (χ0n) is 11.6. The van der Waals surface area contributed by atoms with E-state index in [-0.39, 0.29) is 0 Å². The molecule has 0 aliphatic heterocycles. The first-order valence-electron chi connectivity index (χ1n) is 7.48. The number of rotatable bonds is 11. The summed E-state index contributed by atoms with van der Waals surface area (Å²) in [4.78, 5) is 0. The molecule has 0 spiro atoms. The average molecular weight is 238 g/mol. The molecule has 0 saturated carbocycles. The lowest BCUT2D eigenvalue weighted by Crippen LogP contribution is -1.84. The van der Waals surface area contributed by atoms with E-state index in [9.17, 15) is 0 Å². The molecule has 1 N–H and O–H groups in total. The first kappa shape index (κ1) is 16.5. The van der Waals surface area contributed by atoms with Crippen molar-refractivity contribution >= 4 is 0 Å². The van der Waals surface area contributed by atoms with Crippen LogP contribution >= 0.6 is 0 Å². The monoisotopic (exact) mass is 238 g/mol. The van der Waals surface area contributed by atoms with Crippen LogP contribution in [0.3, 0.4) is 0 Å². The molecule has 1 heteroatoms. The highest BCUT2D eigenvalue weighted by Gasteiger charge is 1.92. The molecule has 0 fully saturated rings. The molecule has 0 bridgehead atoms. The average Bonchev–Trinajstić information content (AvgIpc) is 2.35. The van der Waals surface area contributed by atoms with E-state index in [2.05, 4.69) is 18.8 Å². The SMILES string of the molecule is CCC#CCCCCCCCCCCCCO. The van der Waals surface area contributed by atoms with Crippen LogP contribution in [-0.4, -0.2) is 11.7 Å². The van der Waals surface area contributed by atoms with Gasteiger partial charge in [-0.25, -0.2) is 0 Å². The third-order valence-electron chi connectivity index (χ3n) is 3.01. The van der Waals surface area contributed by atoms with Crippen molar-refractivity contribution in [3.63, 3.8) is 0 Å². The number of hydrogen-bond donors (Lipinski definition) is 1. The zero-order valence-corrected chi connectivity index (χ0v) is 11.6. The van der Waals surface area contributed by atoms with Crippen molar-refractivity contribution in [1.82, 2.24) is 0 Å². The molecule has 0 radical (unpaired) electrons. The maximum atomic E-state index is 8.63. The minimum atomic E-state index is 0.362. The number of aliphatic hydroxyl groups excluding tert-OH is 1. The molecule has 0 aromatic carbocycles. The van der Waals surface area contributed by atoms with Crippen LogP contribution in [0.2, 0.25) is 0 Å². The summed E-state index contributed by atoms with van der Waals surface area (Å²) in [5.41, 5.74) is 0. The standard InChI is InChI=1S/C16H30O/c1-2-3-4-5-6-7-8-9-10-11-12-13-14-15-16-17/h17H,2,5-16H2,1H3. The predicted octanol–water partition coefficient (Wildman–Crippen LogP) is 4.68. The van der Waals surface area contributed by atoms with Crippen LogP contribution in [0.4, 0.5) is 0 Å². The van der Waals surface area contributed by atoms with E-state index in [1.807, 2.05) is 0 Å². The van der Waals surface area contributed by atoms with E-state index < -0.39 is 0 Å². The maximum Gasteiger partial charge on any atom is 0.0431 e. The first-order chi connectivity index (χ1) is 8.41. The van der Waals surface area contributed by atoms with Gasteiger partial charge in [-0.05, 0) is 12.8 Å². The van der Waals surface area contributed by atoms with Gasteiger partial charge < -0.3 is 5.11 Å². The Morgan fingerprint density at radius 2 is 1.12 bits per heavy atom. The molecule has 0 aliphatic carbocycles. The predicted molar refractivity (Wildman–Crippen MR) is 75.9 cm³/mol. The molecular weight excluding hydrogens is 208 g/mol. The Hall–Kier alpha value is -0.480. The van der Waals surface area contributed by atoms with Crippen molar-refractivity contribution in [1.29, 1.82) is 0 Å². The smallest absolute Gasteiger partial charge is 0.0431 e. The summed E-state index contributed by atoms with van der Waals surface area (Å²) in [6.07, 6.45) is 15.1. The Balaban J connectivity index is 2.94. The lowest BCUT2D eigenvalue weighted by molar-refractivity contribution is 0.282. The molecule has 17 heavy (non-hydrogen) atoms. The summed E-state index contributed by atoms with van der Waals surface area (Å²) in [5.74, 6) is 6.31. The molecular formula is C16H30O. The van der Waals surface area contributed by atoms with Crippen molar-refractivity contribution in [2.45, 2.75) is 84.0 Å². The van der Waals surface area contributed by atoms with Crippen LogP contribution in [0.15, 0.2) is 0 Å². The summed E-state index contributed by atoms with van der Waals surface area (Å²) in [5, 5.41) is 8.63. The Labute approximate surface area is 108 Å². The fourth-order valence-electron chi connectivity index (χ4n) is 1.95.